The summed E-state index contributed by atoms with van der Waals surface area (Å²) in [5, 5.41) is 0. The maximum absolute atomic E-state index is 11.9. The van der Waals surface area contributed by atoms with Crippen molar-refractivity contribution in [1.82, 2.24) is 9.71 Å². The van der Waals surface area contributed by atoms with Gasteiger partial charge in [-0.25, -0.2) is 13.1 Å². The molecule has 33 heavy (non-hydrogen) atoms. The van der Waals surface area contributed by atoms with Gasteiger partial charge in [-0.05, 0) is 48.0 Å². The third-order valence-corrected chi connectivity index (χ3v) is 6.53. The van der Waals surface area contributed by atoms with E-state index in [2.05, 4.69) is 14.7 Å². The molecular formula is C25H31N5O2S. The highest BCUT2D eigenvalue weighted by Crippen LogP contribution is 2.30. The van der Waals surface area contributed by atoms with Crippen LogP contribution in [0.4, 0.5) is 5.69 Å². The zero-order valence-corrected chi connectivity index (χ0v) is 19.7. The van der Waals surface area contributed by atoms with E-state index in [1.807, 2.05) is 72.6 Å². The number of anilines is 1. The van der Waals surface area contributed by atoms with Gasteiger partial charge >= 0.3 is 0 Å². The minimum absolute atomic E-state index is 0. The van der Waals surface area contributed by atoms with Crippen LogP contribution in [0.5, 0.6) is 0 Å². The van der Waals surface area contributed by atoms with E-state index in [4.69, 9.17) is 5.73 Å². The lowest BCUT2D eigenvalue weighted by Gasteiger charge is -2.23. The summed E-state index contributed by atoms with van der Waals surface area (Å²) >= 11 is 0. The Bertz CT molecular complexity index is 1220. The Balaban J connectivity index is 0.00000408. The van der Waals surface area contributed by atoms with Crippen molar-refractivity contribution in [2.24, 2.45) is 10.7 Å². The Morgan fingerprint density at radius 2 is 1.94 bits per heavy atom. The second-order valence-corrected chi connectivity index (χ2v) is 9.56. The minimum atomic E-state index is -3.31. The molecule has 8 heteroatoms. The van der Waals surface area contributed by atoms with Gasteiger partial charge in [-0.1, -0.05) is 42.5 Å². The van der Waals surface area contributed by atoms with Crippen molar-refractivity contribution in [2.75, 3.05) is 31.3 Å². The van der Waals surface area contributed by atoms with Gasteiger partial charge in [0.15, 0.2) is 0 Å². The van der Waals surface area contributed by atoms with Crippen LogP contribution in [0.1, 0.15) is 12.6 Å². The number of aromatic nitrogens is 1. The van der Waals surface area contributed by atoms with Gasteiger partial charge in [0.25, 0.3) is 0 Å². The lowest BCUT2D eigenvalue weighted by atomic mass is 9.99. The van der Waals surface area contributed by atoms with Gasteiger partial charge in [0.2, 0.25) is 10.0 Å². The molecule has 0 radical (unpaired) electrons. The van der Waals surface area contributed by atoms with Crippen LogP contribution in [-0.2, 0) is 16.6 Å². The first-order valence-electron chi connectivity index (χ1n) is 10.6. The van der Waals surface area contributed by atoms with Gasteiger partial charge in [-0.15, -0.1) is 0 Å². The van der Waals surface area contributed by atoms with Crippen LogP contribution in [0, 0.1) is 0 Å². The third kappa shape index (κ3) is 7.00. The van der Waals surface area contributed by atoms with Crippen molar-refractivity contribution in [3.8, 4) is 11.1 Å². The first-order chi connectivity index (χ1) is 15.9. The fraction of sp³-hybridized carbons (Fsp3) is 0.200. The number of nitrogens with one attached hydrogen (secondary N) is 1. The lowest BCUT2D eigenvalue weighted by molar-refractivity contribution is 0.587. The van der Waals surface area contributed by atoms with Crippen molar-refractivity contribution >= 4 is 27.6 Å². The molecule has 3 aromatic rings. The predicted octanol–water partition coefficient (Wildman–Crippen LogP) is 3.55. The highest BCUT2D eigenvalue weighted by molar-refractivity contribution is 7.89. The first kappa shape index (κ1) is 24.2. The average Bonchev–Trinajstić information content (AvgIpc) is 2.86. The molecule has 174 valence electrons. The molecule has 0 spiro atoms. The summed E-state index contributed by atoms with van der Waals surface area (Å²) in [7, 11) is -0.0398. The van der Waals surface area contributed by atoms with E-state index in [0.717, 1.165) is 27.9 Å². The zero-order valence-electron chi connectivity index (χ0n) is 18.8. The lowest BCUT2D eigenvalue weighted by Crippen LogP contribution is -2.31. The van der Waals surface area contributed by atoms with Gasteiger partial charge < -0.3 is 10.6 Å². The van der Waals surface area contributed by atoms with Gasteiger partial charge in [0.05, 0.1) is 12.3 Å². The fourth-order valence-corrected chi connectivity index (χ4v) is 3.98. The van der Waals surface area contributed by atoms with Crippen LogP contribution < -0.4 is 15.4 Å². The van der Waals surface area contributed by atoms with E-state index < -0.39 is 10.0 Å². The number of hydrogen-bond acceptors (Lipinski definition) is 6. The number of sulfonamides is 1. The summed E-state index contributed by atoms with van der Waals surface area (Å²) in [6.45, 7) is 0.833. The molecule has 0 fully saturated rings. The molecule has 0 atom stereocenters. The quantitative estimate of drug-likeness (QED) is 0.446. The van der Waals surface area contributed by atoms with E-state index in [9.17, 15) is 8.42 Å². The standard InChI is InChI=1S/C25H29N5O2S.H2/c1-27-33(31,32)16-15-30(2)25-11-10-22(21-8-4-3-5-9-21)17-23(25)24(26)12-14-29-19-20-7-6-13-28-18-20;/h3-14,17-18,27H,15-16,19,26H2,1-2H3;1H/b24-12-,29-14?;. The molecule has 0 aliphatic carbocycles. The molecule has 7 nitrogen and oxygen atoms in total. The summed E-state index contributed by atoms with van der Waals surface area (Å²) in [4.78, 5) is 10.4. The largest absolute Gasteiger partial charge is 0.398 e. The molecule has 2 aromatic carbocycles. The number of allylic oxidation sites excluding steroid dienone is 1. The SMILES string of the molecule is CNS(=O)(=O)CCN(C)c1ccc(-c2ccccc2)cc1/C(N)=C/C=NCc1cccnc1.[HH]. The molecule has 0 saturated heterocycles. The molecule has 0 unspecified atom stereocenters. The molecule has 0 aliphatic rings. The van der Waals surface area contributed by atoms with E-state index in [0.29, 0.717) is 18.8 Å². The molecule has 0 bridgehead atoms. The Hall–Kier alpha value is -3.49. The smallest absolute Gasteiger partial charge is 0.213 e. The summed E-state index contributed by atoms with van der Waals surface area (Å²) in [6.07, 6.45) is 6.96. The molecular weight excluding hydrogens is 434 g/mol. The molecule has 0 amide bonds. The van der Waals surface area contributed by atoms with Crippen LogP contribution in [0.15, 0.2) is 84.1 Å². The Morgan fingerprint density at radius 1 is 1.15 bits per heavy atom. The molecule has 1 heterocycles. The van der Waals surface area contributed by atoms with Crippen molar-refractivity contribution in [3.05, 3.63) is 90.3 Å². The first-order valence-corrected chi connectivity index (χ1v) is 12.2. The number of rotatable bonds is 10. The summed E-state index contributed by atoms with van der Waals surface area (Å²) in [5.74, 6) is -0.0178. The van der Waals surface area contributed by atoms with Crippen LogP contribution >= 0.6 is 0 Å². The number of benzene rings is 2. The normalized spacial score (nSPS) is 12.2. The number of nitrogens with zero attached hydrogens (tertiary/aromatic N) is 3. The zero-order chi connectivity index (χ0) is 23.7. The minimum Gasteiger partial charge on any atom is -0.398 e. The van der Waals surface area contributed by atoms with Crippen LogP contribution in [0.2, 0.25) is 0 Å². The molecule has 0 aliphatic heterocycles. The topological polar surface area (TPSA) is 101 Å². The number of aliphatic imine (C=N–C) groups is 1. The third-order valence-electron chi connectivity index (χ3n) is 5.19. The number of nitrogens with two attached hydrogens (primary N) is 1. The summed E-state index contributed by atoms with van der Waals surface area (Å²) in [6, 6.07) is 19.9. The van der Waals surface area contributed by atoms with Gasteiger partial charge in [0.1, 0.15) is 0 Å². The average molecular weight is 466 g/mol. The fourth-order valence-electron chi connectivity index (χ4n) is 3.26. The predicted molar refractivity (Wildman–Crippen MR) is 139 cm³/mol. The Labute approximate surface area is 197 Å². The maximum Gasteiger partial charge on any atom is 0.213 e. The van der Waals surface area contributed by atoms with Crippen LogP contribution in [0.25, 0.3) is 16.8 Å². The summed E-state index contributed by atoms with van der Waals surface area (Å²) in [5.41, 5.74) is 11.8. The van der Waals surface area contributed by atoms with Gasteiger partial charge in [0, 0.05) is 50.6 Å². The molecule has 1 aromatic heterocycles. The van der Waals surface area contributed by atoms with E-state index >= 15 is 0 Å². The maximum atomic E-state index is 11.9. The highest BCUT2D eigenvalue weighted by atomic mass is 32.2. The van der Waals surface area contributed by atoms with E-state index in [-0.39, 0.29) is 7.18 Å². The number of pyridine rings is 1. The molecule has 0 saturated carbocycles. The van der Waals surface area contributed by atoms with Gasteiger partial charge in [-0.3, -0.25) is 9.98 Å². The second kappa shape index (κ2) is 11.4. The monoisotopic (exact) mass is 465 g/mol. The van der Waals surface area contributed by atoms with Crippen molar-refractivity contribution in [2.45, 2.75) is 6.54 Å². The van der Waals surface area contributed by atoms with Crippen LogP contribution in [-0.4, -0.2) is 46.0 Å². The van der Waals surface area contributed by atoms with Crippen molar-refractivity contribution < 1.29 is 9.84 Å². The number of hydrogen-bond donors (Lipinski definition) is 2. The summed E-state index contributed by atoms with van der Waals surface area (Å²) < 4.78 is 26.1. The highest BCUT2D eigenvalue weighted by Gasteiger charge is 2.14. The van der Waals surface area contributed by atoms with E-state index in [1.54, 1.807) is 24.7 Å². The van der Waals surface area contributed by atoms with Gasteiger partial charge in [-0.2, -0.15) is 0 Å². The molecule has 3 N–H and O–H groups in total. The van der Waals surface area contributed by atoms with Crippen LogP contribution in [0.3, 0.4) is 0 Å². The van der Waals surface area contributed by atoms with Crippen molar-refractivity contribution in [1.29, 1.82) is 0 Å². The second-order valence-electron chi connectivity index (χ2n) is 7.52. The Kier molecular flexibility index (Phi) is 8.34. The molecule has 3 rings (SSSR count). The van der Waals surface area contributed by atoms with Crippen molar-refractivity contribution in [3.63, 3.8) is 0 Å². The van der Waals surface area contributed by atoms with E-state index in [1.165, 1.54) is 7.05 Å². The Morgan fingerprint density at radius 3 is 2.64 bits per heavy atom.